The molecular formula is C15H20N2O2. The number of aliphatic hydroxyl groups is 1. The first-order chi connectivity index (χ1) is 9.15. The Labute approximate surface area is 113 Å². The molecule has 102 valence electrons. The molecule has 0 aromatic carbocycles. The van der Waals surface area contributed by atoms with Crippen molar-refractivity contribution >= 4 is 5.82 Å². The summed E-state index contributed by atoms with van der Waals surface area (Å²) in [4.78, 5) is 6.70. The summed E-state index contributed by atoms with van der Waals surface area (Å²) in [5, 5.41) is 9.57. The second-order valence-corrected chi connectivity index (χ2v) is 4.63. The summed E-state index contributed by atoms with van der Waals surface area (Å²) >= 11 is 0. The van der Waals surface area contributed by atoms with Gasteiger partial charge in [-0.3, -0.25) is 0 Å². The fraction of sp³-hybridized carbons (Fsp3) is 0.400. The third-order valence-electron chi connectivity index (χ3n) is 3.22. The number of nitrogens with zero attached hydrogens (tertiary/aromatic N) is 2. The van der Waals surface area contributed by atoms with E-state index < -0.39 is 0 Å². The quantitative estimate of drug-likeness (QED) is 0.898. The molecule has 0 fully saturated rings. The fourth-order valence-corrected chi connectivity index (χ4v) is 2.23. The topological polar surface area (TPSA) is 49.5 Å². The van der Waals surface area contributed by atoms with Crippen LogP contribution >= 0.6 is 0 Å². The van der Waals surface area contributed by atoms with Crippen LogP contribution in [0, 0.1) is 13.8 Å². The molecule has 0 aliphatic rings. The predicted octanol–water partition coefficient (Wildman–Crippen LogP) is 2.81. The standard InChI is InChI=1S/C15H20N2O2/c1-4-17(9-13-6-5-7-19-13)15-14(10-18)11(2)8-12(3)16-15/h5-8,18H,4,9-10H2,1-3H3. The molecule has 0 amide bonds. The van der Waals surface area contributed by atoms with Gasteiger partial charge in [-0.05, 0) is 44.5 Å². The summed E-state index contributed by atoms with van der Waals surface area (Å²) in [6.45, 7) is 7.52. The third-order valence-corrected chi connectivity index (χ3v) is 3.22. The van der Waals surface area contributed by atoms with Crippen LogP contribution in [-0.2, 0) is 13.2 Å². The first kappa shape index (κ1) is 13.6. The highest BCUT2D eigenvalue weighted by molar-refractivity contribution is 5.51. The average Bonchev–Trinajstić information content (AvgIpc) is 2.88. The highest BCUT2D eigenvalue weighted by atomic mass is 16.3. The lowest BCUT2D eigenvalue weighted by atomic mass is 10.1. The van der Waals surface area contributed by atoms with E-state index >= 15 is 0 Å². The Morgan fingerprint density at radius 2 is 2.16 bits per heavy atom. The van der Waals surface area contributed by atoms with Crippen LogP contribution in [0.2, 0.25) is 0 Å². The highest BCUT2D eigenvalue weighted by Crippen LogP contribution is 2.24. The van der Waals surface area contributed by atoms with E-state index in [9.17, 15) is 5.11 Å². The molecular weight excluding hydrogens is 240 g/mol. The van der Waals surface area contributed by atoms with E-state index in [-0.39, 0.29) is 6.61 Å². The Bertz CT molecular complexity index is 535. The maximum atomic E-state index is 9.57. The van der Waals surface area contributed by atoms with E-state index in [0.717, 1.165) is 34.9 Å². The zero-order valence-corrected chi connectivity index (χ0v) is 11.7. The van der Waals surface area contributed by atoms with Gasteiger partial charge in [0.1, 0.15) is 11.6 Å². The molecule has 4 nitrogen and oxygen atoms in total. The number of furan rings is 1. The van der Waals surface area contributed by atoms with Crippen molar-refractivity contribution < 1.29 is 9.52 Å². The van der Waals surface area contributed by atoms with Crippen molar-refractivity contribution in [1.82, 2.24) is 4.98 Å². The second kappa shape index (κ2) is 5.89. The average molecular weight is 260 g/mol. The monoisotopic (exact) mass is 260 g/mol. The number of aliphatic hydroxyl groups excluding tert-OH is 1. The Morgan fingerprint density at radius 3 is 2.74 bits per heavy atom. The van der Waals surface area contributed by atoms with Crippen LogP contribution < -0.4 is 4.90 Å². The van der Waals surface area contributed by atoms with E-state index in [0.29, 0.717) is 6.54 Å². The third kappa shape index (κ3) is 2.96. The van der Waals surface area contributed by atoms with Gasteiger partial charge in [0.05, 0.1) is 19.4 Å². The molecule has 19 heavy (non-hydrogen) atoms. The van der Waals surface area contributed by atoms with Crippen LogP contribution in [0.15, 0.2) is 28.9 Å². The Kier molecular flexibility index (Phi) is 4.22. The molecule has 1 N–H and O–H groups in total. The zero-order chi connectivity index (χ0) is 13.8. The molecule has 4 heteroatoms. The summed E-state index contributed by atoms with van der Waals surface area (Å²) in [6, 6.07) is 5.82. The molecule has 2 aromatic heterocycles. The number of aryl methyl sites for hydroxylation is 2. The van der Waals surface area contributed by atoms with Crippen LogP contribution in [0.3, 0.4) is 0 Å². The lowest BCUT2D eigenvalue weighted by Gasteiger charge is -2.24. The molecule has 0 bridgehead atoms. The number of anilines is 1. The van der Waals surface area contributed by atoms with Gasteiger partial charge in [-0.15, -0.1) is 0 Å². The van der Waals surface area contributed by atoms with Gasteiger partial charge in [0.25, 0.3) is 0 Å². The van der Waals surface area contributed by atoms with Gasteiger partial charge in [-0.25, -0.2) is 4.98 Å². The van der Waals surface area contributed by atoms with Gasteiger partial charge in [-0.2, -0.15) is 0 Å². The van der Waals surface area contributed by atoms with Gasteiger partial charge in [0.15, 0.2) is 0 Å². The van der Waals surface area contributed by atoms with Crippen LogP contribution in [0.5, 0.6) is 0 Å². The van der Waals surface area contributed by atoms with Crippen LogP contribution in [0.4, 0.5) is 5.82 Å². The van der Waals surface area contributed by atoms with Gasteiger partial charge < -0.3 is 14.4 Å². The lowest BCUT2D eigenvalue weighted by molar-refractivity contribution is 0.280. The van der Waals surface area contributed by atoms with E-state index in [1.54, 1.807) is 6.26 Å². The largest absolute Gasteiger partial charge is 0.467 e. The minimum absolute atomic E-state index is 0.00308. The molecule has 0 aliphatic heterocycles. The number of aromatic nitrogens is 1. The maximum absolute atomic E-state index is 9.57. The second-order valence-electron chi connectivity index (χ2n) is 4.63. The van der Waals surface area contributed by atoms with E-state index in [1.807, 2.05) is 32.0 Å². The summed E-state index contributed by atoms with van der Waals surface area (Å²) in [5.74, 6) is 1.74. The van der Waals surface area contributed by atoms with Crippen LogP contribution in [0.25, 0.3) is 0 Å². The van der Waals surface area contributed by atoms with Gasteiger partial charge in [0, 0.05) is 17.8 Å². The summed E-state index contributed by atoms with van der Waals surface area (Å²) < 4.78 is 5.39. The molecule has 2 aromatic rings. The minimum Gasteiger partial charge on any atom is -0.467 e. The van der Waals surface area contributed by atoms with E-state index in [2.05, 4.69) is 16.8 Å². The van der Waals surface area contributed by atoms with Gasteiger partial charge >= 0.3 is 0 Å². The van der Waals surface area contributed by atoms with E-state index in [1.165, 1.54) is 0 Å². The van der Waals surface area contributed by atoms with Gasteiger partial charge in [-0.1, -0.05) is 0 Å². The Balaban J connectivity index is 2.37. The highest BCUT2D eigenvalue weighted by Gasteiger charge is 2.15. The Morgan fingerprint density at radius 1 is 1.37 bits per heavy atom. The Hall–Kier alpha value is -1.81. The molecule has 0 spiro atoms. The summed E-state index contributed by atoms with van der Waals surface area (Å²) in [5.41, 5.74) is 2.92. The number of rotatable bonds is 5. The van der Waals surface area contributed by atoms with Crippen molar-refractivity contribution in [1.29, 1.82) is 0 Å². The smallest absolute Gasteiger partial charge is 0.135 e. The SMILES string of the molecule is CCN(Cc1ccco1)c1nc(C)cc(C)c1CO. The maximum Gasteiger partial charge on any atom is 0.135 e. The van der Waals surface area contributed by atoms with Crippen molar-refractivity contribution in [3.63, 3.8) is 0 Å². The molecule has 0 saturated heterocycles. The molecule has 2 heterocycles. The van der Waals surface area contributed by atoms with Crippen molar-refractivity contribution in [2.45, 2.75) is 33.9 Å². The molecule has 0 unspecified atom stereocenters. The van der Waals surface area contributed by atoms with Crippen molar-refractivity contribution in [3.05, 3.63) is 47.0 Å². The summed E-state index contributed by atoms with van der Waals surface area (Å²) in [7, 11) is 0. The summed E-state index contributed by atoms with van der Waals surface area (Å²) in [6.07, 6.45) is 1.67. The number of hydrogen-bond acceptors (Lipinski definition) is 4. The van der Waals surface area contributed by atoms with E-state index in [4.69, 9.17) is 4.42 Å². The minimum atomic E-state index is 0.00308. The fourth-order valence-electron chi connectivity index (χ4n) is 2.23. The van der Waals surface area contributed by atoms with Crippen molar-refractivity contribution in [2.24, 2.45) is 0 Å². The lowest BCUT2D eigenvalue weighted by Crippen LogP contribution is -2.25. The zero-order valence-electron chi connectivity index (χ0n) is 11.7. The van der Waals surface area contributed by atoms with Crippen molar-refractivity contribution in [2.75, 3.05) is 11.4 Å². The van der Waals surface area contributed by atoms with Crippen LogP contribution in [0.1, 0.15) is 29.5 Å². The molecule has 0 saturated carbocycles. The molecule has 0 radical (unpaired) electrons. The normalized spacial score (nSPS) is 10.7. The molecule has 0 aliphatic carbocycles. The van der Waals surface area contributed by atoms with Crippen LogP contribution in [-0.4, -0.2) is 16.6 Å². The first-order valence-electron chi connectivity index (χ1n) is 6.51. The predicted molar refractivity (Wildman–Crippen MR) is 75.1 cm³/mol. The first-order valence-corrected chi connectivity index (χ1v) is 6.51. The van der Waals surface area contributed by atoms with Crippen molar-refractivity contribution in [3.8, 4) is 0 Å². The molecule has 2 rings (SSSR count). The number of pyridine rings is 1. The number of hydrogen-bond donors (Lipinski definition) is 1. The molecule has 0 atom stereocenters. The van der Waals surface area contributed by atoms with Gasteiger partial charge in [0.2, 0.25) is 0 Å².